The molecule has 4 N–H and O–H groups in total. The van der Waals surface area contributed by atoms with Gasteiger partial charge in [-0.15, -0.1) is 0 Å². The minimum Gasteiger partial charge on any atom is -0.453 e. The molecule has 1 aromatic heterocycles. The van der Waals surface area contributed by atoms with Crippen molar-refractivity contribution in [2.45, 2.75) is 57.0 Å². The van der Waals surface area contributed by atoms with Crippen molar-refractivity contribution in [2.24, 2.45) is 5.92 Å². The average molecular weight is 588 g/mol. The number of carbonyl (C=O) groups is 2. The maximum absolute atomic E-state index is 15.4. The Morgan fingerprint density at radius 3 is 2.60 bits per heavy atom. The number of nitrogens with two attached hydrogens (primary N) is 1. The quantitative estimate of drug-likeness (QED) is 0.294. The highest BCUT2D eigenvalue weighted by atomic mass is 19.3. The lowest BCUT2D eigenvalue weighted by Crippen LogP contribution is -2.51. The molecule has 3 aliphatic rings. The number of allylic oxidation sites excluding steroid dienone is 4. The summed E-state index contributed by atoms with van der Waals surface area (Å²) in [5.41, 5.74) is 9.78. The van der Waals surface area contributed by atoms with E-state index in [0.717, 1.165) is 29.7 Å². The zero-order valence-electron chi connectivity index (χ0n) is 24.4. The minimum absolute atomic E-state index is 0.0177. The van der Waals surface area contributed by atoms with E-state index in [-0.39, 0.29) is 34.9 Å². The third kappa shape index (κ3) is 5.08. The Morgan fingerprint density at radius 1 is 1.16 bits per heavy atom. The molecule has 8 nitrogen and oxygen atoms in total. The largest absolute Gasteiger partial charge is 0.453 e. The number of aromatic amines is 1. The van der Waals surface area contributed by atoms with Crippen LogP contribution in [0.3, 0.4) is 0 Å². The van der Waals surface area contributed by atoms with Crippen LogP contribution >= 0.6 is 0 Å². The molecule has 0 saturated carbocycles. The predicted molar refractivity (Wildman–Crippen MR) is 160 cm³/mol. The van der Waals surface area contributed by atoms with Gasteiger partial charge >= 0.3 is 6.09 Å². The van der Waals surface area contributed by atoms with E-state index >= 15 is 8.78 Å². The fraction of sp³-hybridized carbons (Fsp3) is 0.364. The number of H-pyrrole nitrogens is 1. The number of ether oxygens (including phenoxy) is 1. The van der Waals surface area contributed by atoms with Gasteiger partial charge in [0.05, 0.1) is 25.0 Å². The van der Waals surface area contributed by atoms with E-state index in [4.69, 9.17) is 10.5 Å². The van der Waals surface area contributed by atoms with Crippen LogP contribution in [-0.2, 0) is 15.5 Å². The van der Waals surface area contributed by atoms with Gasteiger partial charge in [0.2, 0.25) is 5.91 Å². The number of benzene rings is 2. The summed E-state index contributed by atoms with van der Waals surface area (Å²) in [5, 5.41) is 2.67. The second-order valence-electron chi connectivity index (χ2n) is 11.8. The van der Waals surface area contributed by atoms with E-state index in [1.165, 1.54) is 13.2 Å². The number of hydrogen-bond acceptors (Lipinski definition) is 5. The molecule has 224 valence electrons. The summed E-state index contributed by atoms with van der Waals surface area (Å²) in [6.07, 6.45) is 9.46. The first-order chi connectivity index (χ1) is 20.6. The molecule has 2 amide bonds. The standard InChI is InChI=1S/C33H35F2N5O3/c1-18(2)29(39-32(42)43-3)31(41)40-14-4-5-28(40)30-37-17-27(38-30)20-8-6-19(7-9-20)21-10-12-23-24-13-11-22(36)16-26(24)33(34,35)25(23)15-21/h6,8-13,15-19,28-29H,4-5,7,14,36H2,1-3H3,(H,37,38)(H,39,42)/t19?,28-,29-/m0/s1. The predicted octanol–water partition coefficient (Wildman–Crippen LogP) is 6.28. The van der Waals surface area contributed by atoms with Crippen LogP contribution in [-0.4, -0.2) is 46.6 Å². The van der Waals surface area contributed by atoms with Gasteiger partial charge in [0.25, 0.3) is 5.92 Å². The number of nitrogens with one attached hydrogen (secondary N) is 2. The first-order valence-corrected chi connectivity index (χ1v) is 14.6. The van der Waals surface area contributed by atoms with Crippen LogP contribution in [0.4, 0.5) is 19.3 Å². The SMILES string of the molecule is COC(=O)N[C@H](C(=O)N1CCC[C@H]1c1ncc(C2=CCC(c3ccc4c(c3)C(F)(F)c3cc(N)ccc3-4)C=C2)[nH]1)C(C)C. The van der Waals surface area contributed by atoms with Crippen LogP contribution in [0.5, 0.6) is 0 Å². The van der Waals surface area contributed by atoms with Crippen LogP contribution in [0.1, 0.15) is 73.3 Å². The van der Waals surface area contributed by atoms with Gasteiger partial charge in [-0.05, 0) is 65.6 Å². The third-order valence-electron chi connectivity index (χ3n) is 8.73. The molecule has 3 atom stereocenters. The number of rotatable bonds is 6. The van der Waals surface area contributed by atoms with Crippen molar-refractivity contribution in [3.8, 4) is 11.1 Å². The molecule has 0 bridgehead atoms. The molecule has 10 heteroatoms. The van der Waals surface area contributed by atoms with E-state index in [2.05, 4.69) is 21.4 Å². The summed E-state index contributed by atoms with van der Waals surface area (Å²) >= 11 is 0. The number of imidazole rings is 1. The molecule has 1 fully saturated rings. The zero-order chi connectivity index (χ0) is 30.5. The topological polar surface area (TPSA) is 113 Å². The van der Waals surface area contributed by atoms with E-state index < -0.39 is 18.1 Å². The molecule has 1 unspecified atom stereocenters. The maximum Gasteiger partial charge on any atom is 0.407 e. The van der Waals surface area contributed by atoms with Crippen molar-refractivity contribution < 1.29 is 23.1 Å². The van der Waals surface area contributed by atoms with Crippen molar-refractivity contribution >= 4 is 23.3 Å². The fourth-order valence-electron chi connectivity index (χ4n) is 6.40. The molecule has 0 radical (unpaired) electrons. The van der Waals surface area contributed by atoms with E-state index in [9.17, 15) is 9.59 Å². The van der Waals surface area contributed by atoms with Crippen molar-refractivity contribution in [3.63, 3.8) is 0 Å². The van der Waals surface area contributed by atoms with Gasteiger partial charge in [0.1, 0.15) is 11.9 Å². The summed E-state index contributed by atoms with van der Waals surface area (Å²) in [7, 11) is 1.27. The van der Waals surface area contributed by atoms with Crippen molar-refractivity contribution in [2.75, 3.05) is 19.4 Å². The first-order valence-electron chi connectivity index (χ1n) is 14.6. The van der Waals surface area contributed by atoms with Gasteiger partial charge in [-0.2, -0.15) is 8.78 Å². The van der Waals surface area contributed by atoms with Gasteiger partial charge < -0.3 is 25.7 Å². The van der Waals surface area contributed by atoms with Gasteiger partial charge in [0.15, 0.2) is 0 Å². The molecule has 3 aromatic rings. The van der Waals surface area contributed by atoms with Gasteiger partial charge in [-0.3, -0.25) is 4.79 Å². The Hall–Kier alpha value is -4.47. The van der Waals surface area contributed by atoms with Crippen LogP contribution in [0.25, 0.3) is 16.7 Å². The van der Waals surface area contributed by atoms with Crippen LogP contribution in [0.2, 0.25) is 0 Å². The third-order valence-corrected chi connectivity index (χ3v) is 8.73. The molecular weight excluding hydrogens is 552 g/mol. The number of alkyl halides is 2. The highest BCUT2D eigenvalue weighted by molar-refractivity contribution is 5.86. The van der Waals surface area contributed by atoms with Crippen LogP contribution in [0.15, 0.2) is 60.8 Å². The molecule has 1 saturated heterocycles. The van der Waals surface area contributed by atoms with Gasteiger partial charge in [-0.1, -0.05) is 50.3 Å². The molecule has 2 aromatic carbocycles. The number of amides is 2. The number of carbonyl (C=O) groups excluding carboxylic acids is 2. The normalized spacial score (nSPS) is 20.9. The molecule has 0 spiro atoms. The number of nitrogens with zero attached hydrogens (tertiary/aromatic N) is 2. The number of fused-ring (bicyclic) bond motifs is 3. The summed E-state index contributed by atoms with van der Waals surface area (Å²) in [6.45, 7) is 4.34. The molecule has 1 aliphatic heterocycles. The molecule has 6 rings (SSSR count). The van der Waals surface area contributed by atoms with Gasteiger partial charge in [-0.25, -0.2) is 9.78 Å². The fourth-order valence-corrected chi connectivity index (χ4v) is 6.40. The Bertz CT molecular complexity index is 1640. The lowest BCUT2D eigenvalue weighted by atomic mass is 9.87. The number of nitrogen functional groups attached to an aromatic ring is 1. The summed E-state index contributed by atoms with van der Waals surface area (Å²) in [4.78, 5) is 35.1. The first kappa shape index (κ1) is 28.6. The highest BCUT2D eigenvalue weighted by Gasteiger charge is 2.45. The maximum atomic E-state index is 15.4. The Balaban J connectivity index is 1.16. The number of hydrogen-bond donors (Lipinski definition) is 3. The zero-order valence-corrected chi connectivity index (χ0v) is 24.4. The molecule has 2 heterocycles. The average Bonchev–Trinajstić information content (AvgIpc) is 3.73. The second kappa shape index (κ2) is 11.0. The lowest BCUT2D eigenvalue weighted by molar-refractivity contribution is -0.135. The Labute approximate surface area is 249 Å². The van der Waals surface area contributed by atoms with Crippen molar-refractivity contribution in [3.05, 3.63) is 89.0 Å². The molecular formula is C33H35F2N5O3. The number of anilines is 1. The Morgan fingerprint density at radius 2 is 1.91 bits per heavy atom. The number of methoxy groups -OCH3 is 1. The van der Waals surface area contributed by atoms with Gasteiger partial charge in [0, 0.05) is 29.3 Å². The number of halogens is 2. The van der Waals surface area contributed by atoms with Crippen LogP contribution in [0, 0.1) is 5.92 Å². The van der Waals surface area contributed by atoms with Crippen molar-refractivity contribution in [1.29, 1.82) is 0 Å². The summed E-state index contributed by atoms with van der Waals surface area (Å²) < 4.78 is 35.4. The highest BCUT2D eigenvalue weighted by Crippen LogP contribution is 2.52. The smallest absolute Gasteiger partial charge is 0.407 e. The summed E-state index contributed by atoms with van der Waals surface area (Å²) in [5.74, 6) is -2.72. The summed E-state index contributed by atoms with van der Waals surface area (Å²) in [6, 6.07) is 9.10. The molecule has 43 heavy (non-hydrogen) atoms. The number of aromatic nitrogens is 2. The number of alkyl carbamates (subject to hydrolysis) is 1. The minimum atomic E-state index is -3.10. The van der Waals surface area contributed by atoms with Crippen molar-refractivity contribution in [1.82, 2.24) is 20.2 Å². The molecule has 2 aliphatic carbocycles. The van der Waals surface area contributed by atoms with Crippen LogP contribution < -0.4 is 11.1 Å². The van der Waals surface area contributed by atoms with E-state index in [0.29, 0.717) is 35.6 Å². The van der Waals surface area contributed by atoms with E-state index in [1.54, 1.807) is 35.4 Å². The monoisotopic (exact) mass is 587 g/mol. The second-order valence-corrected chi connectivity index (χ2v) is 11.8. The lowest BCUT2D eigenvalue weighted by Gasteiger charge is -2.30. The number of likely N-dealkylation sites (tertiary alicyclic amines) is 1. The van der Waals surface area contributed by atoms with E-state index in [1.807, 2.05) is 32.1 Å². The Kier molecular flexibility index (Phi) is 7.31.